The van der Waals surface area contributed by atoms with E-state index in [1.807, 2.05) is 60.7 Å². The van der Waals surface area contributed by atoms with Crippen LogP contribution in [-0.4, -0.2) is 7.25 Å². The highest BCUT2D eigenvalue weighted by atomic mass is 79.9. The van der Waals surface area contributed by atoms with Crippen LogP contribution in [-0.2, 0) is 0 Å². The Hall–Kier alpha value is -2.87. The molecule has 0 fully saturated rings. The largest absolute Gasteiger partial charge is 0.673 e. The van der Waals surface area contributed by atoms with E-state index in [1.54, 1.807) is 0 Å². The van der Waals surface area contributed by atoms with Crippen LogP contribution in [0.15, 0.2) is 93.8 Å². The van der Waals surface area contributed by atoms with Crippen molar-refractivity contribution in [2.75, 3.05) is 0 Å². The van der Waals surface area contributed by atoms with Gasteiger partial charge < -0.3 is 21.7 Å². The van der Waals surface area contributed by atoms with E-state index in [4.69, 9.17) is 4.42 Å². The van der Waals surface area contributed by atoms with Crippen LogP contribution < -0.4 is 10.3 Å². The minimum Gasteiger partial charge on any atom is -0.456 e. The highest BCUT2D eigenvalue weighted by Crippen LogP contribution is 2.21. The Morgan fingerprint density at radius 2 is 1.34 bits per heavy atom. The minimum atomic E-state index is -6.00. The first-order valence-corrected chi connectivity index (χ1v) is 9.40. The normalized spacial score (nSPS) is 11.8. The fourth-order valence-corrected chi connectivity index (χ4v) is 2.94. The molecule has 4 aromatic rings. The molecule has 0 saturated heterocycles. The molecule has 0 aliphatic heterocycles. The lowest BCUT2D eigenvalue weighted by Crippen LogP contribution is -2.70. The SMILES string of the molecule is Brc1ccc([NH+]=c2cc(-c3ccccc3)oc3ccccc23)cc1.F[B-](F)(F)F. The van der Waals surface area contributed by atoms with Crippen LogP contribution in [0.25, 0.3) is 22.3 Å². The van der Waals surface area contributed by atoms with Gasteiger partial charge in [-0.3, -0.25) is 0 Å². The molecule has 0 radical (unpaired) electrons. The zero-order chi connectivity index (χ0) is 20.9. The molecule has 0 bridgehead atoms. The first-order valence-electron chi connectivity index (χ1n) is 8.61. The Balaban J connectivity index is 0.000000431. The molecule has 4 rings (SSSR count). The van der Waals surface area contributed by atoms with Crippen LogP contribution in [0, 0.1) is 0 Å². The number of para-hydroxylation sites is 1. The van der Waals surface area contributed by atoms with E-state index in [0.29, 0.717) is 0 Å². The molecule has 0 saturated carbocycles. The van der Waals surface area contributed by atoms with Crippen LogP contribution >= 0.6 is 15.9 Å². The number of halogens is 5. The lowest BCUT2D eigenvalue weighted by Gasteiger charge is -2.02. The van der Waals surface area contributed by atoms with Gasteiger partial charge in [0.05, 0.1) is 11.5 Å². The van der Waals surface area contributed by atoms with Gasteiger partial charge in [-0.15, -0.1) is 0 Å². The summed E-state index contributed by atoms with van der Waals surface area (Å²) in [7, 11) is -6.00. The summed E-state index contributed by atoms with van der Waals surface area (Å²) in [6, 6.07) is 28.4. The molecule has 0 aliphatic carbocycles. The smallest absolute Gasteiger partial charge is 0.456 e. The molecular formula is C21H15BBrF4NO. The van der Waals surface area contributed by atoms with Crippen molar-refractivity contribution < 1.29 is 26.7 Å². The van der Waals surface area contributed by atoms with Crippen molar-refractivity contribution in [1.29, 1.82) is 0 Å². The summed E-state index contributed by atoms with van der Waals surface area (Å²) in [6.45, 7) is 0. The molecule has 2 nitrogen and oxygen atoms in total. The number of benzene rings is 3. The number of rotatable bonds is 2. The van der Waals surface area contributed by atoms with Crippen LogP contribution in [0.4, 0.5) is 23.0 Å². The first-order chi connectivity index (χ1) is 13.8. The predicted molar refractivity (Wildman–Crippen MR) is 110 cm³/mol. The highest BCUT2D eigenvalue weighted by Gasteiger charge is 2.20. The lowest BCUT2D eigenvalue weighted by atomic mass is 10.1. The van der Waals surface area contributed by atoms with Gasteiger partial charge in [0.1, 0.15) is 11.3 Å². The maximum atomic E-state index is 9.75. The zero-order valence-electron chi connectivity index (χ0n) is 15.0. The number of nitrogens with one attached hydrogen (secondary N) is 1. The van der Waals surface area contributed by atoms with Gasteiger partial charge in [-0.1, -0.05) is 58.4 Å². The van der Waals surface area contributed by atoms with E-state index in [1.165, 1.54) is 0 Å². The molecule has 0 amide bonds. The van der Waals surface area contributed by atoms with Gasteiger partial charge in [0.15, 0.2) is 0 Å². The standard InChI is InChI=1S/C21H14BrNO.BF4/c22-16-10-12-17(13-11-16)23-19-14-21(15-6-2-1-3-7-15)24-20-9-5-4-8-18(19)20;2-1(3,4)5/h1-14H;/q;-1/p+1. The molecule has 0 atom stereocenters. The van der Waals surface area contributed by atoms with Gasteiger partial charge in [0.25, 0.3) is 0 Å². The third-order valence-electron chi connectivity index (χ3n) is 3.85. The molecule has 148 valence electrons. The van der Waals surface area contributed by atoms with E-state index in [0.717, 1.165) is 37.8 Å². The molecule has 29 heavy (non-hydrogen) atoms. The van der Waals surface area contributed by atoms with Gasteiger partial charge in [0.2, 0.25) is 11.0 Å². The lowest BCUT2D eigenvalue weighted by molar-refractivity contribution is -0.400. The molecule has 0 aliphatic rings. The number of hydrogen-bond acceptors (Lipinski definition) is 1. The van der Waals surface area contributed by atoms with E-state index < -0.39 is 7.25 Å². The van der Waals surface area contributed by atoms with Crippen molar-refractivity contribution in [3.63, 3.8) is 0 Å². The van der Waals surface area contributed by atoms with E-state index in [9.17, 15) is 17.3 Å². The molecule has 1 heterocycles. The maximum absolute atomic E-state index is 9.75. The van der Waals surface area contributed by atoms with Crippen LogP contribution in [0.2, 0.25) is 0 Å². The molecule has 1 N–H and O–H groups in total. The highest BCUT2D eigenvalue weighted by molar-refractivity contribution is 9.10. The fraction of sp³-hybridized carbons (Fsp3) is 0. The Bertz CT molecular complexity index is 1150. The summed E-state index contributed by atoms with van der Waals surface area (Å²) >= 11 is 3.47. The Labute approximate surface area is 172 Å². The molecule has 0 spiro atoms. The van der Waals surface area contributed by atoms with Gasteiger partial charge in [-0.25, -0.2) is 4.99 Å². The summed E-state index contributed by atoms with van der Waals surface area (Å²) in [5, 5.41) is 2.08. The van der Waals surface area contributed by atoms with Crippen molar-refractivity contribution >= 4 is 39.8 Å². The van der Waals surface area contributed by atoms with Crippen molar-refractivity contribution in [2.24, 2.45) is 0 Å². The molecule has 8 heteroatoms. The molecular weight excluding hydrogens is 449 g/mol. The summed E-state index contributed by atoms with van der Waals surface area (Å²) in [6.07, 6.45) is 0. The van der Waals surface area contributed by atoms with Crippen molar-refractivity contribution in [2.45, 2.75) is 0 Å². The van der Waals surface area contributed by atoms with Gasteiger partial charge in [-0.2, -0.15) is 0 Å². The predicted octanol–water partition coefficient (Wildman–Crippen LogP) is 5.48. The van der Waals surface area contributed by atoms with Gasteiger partial charge >= 0.3 is 7.25 Å². The van der Waals surface area contributed by atoms with Crippen molar-refractivity contribution in [3.8, 4) is 11.3 Å². The second-order valence-electron chi connectivity index (χ2n) is 6.01. The Kier molecular flexibility index (Phi) is 6.54. The number of fused-ring (bicyclic) bond motifs is 1. The second kappa shape index (κ2) is 9.09. The van der Waals surface area contributed by atoms with E-state index in [-0.39, 0.29) is 0 Å². The molecule has 0 unspecified atom stereocenters. The maximum Gasteiger partial charge on any atom is 0.673 e. The third-order valence-corrected chi connectivity index (χ3v) is 4.38. The Morgan fingerprint density at radius 3 is 2.00 bits per heavy atom. The summed E-state index contributed by atoms with van der Waals surface area (Å²) in [4.78, 5) is 3.50. The topological polar surface area (TPSA) is 27.1 Å². The van der Waals surface area contributed by atoms with Crippen molar-refractivity contribution in [1.82, 2.24) is 0 Å². The second-order valence-corrected chi connectivity index (χ2v) is 6.93. The molecule has 1 aromatic heterocycles. The monoisotopic (exact) mass is 463 g/mol. The first kappa shape index (κ1) is 20.9. The van der Waals surface area contributed by atoms with Crippen LogP contribution in [0.3, 0.4) is 0 Å². The van der Waals surface area contributed by atoms with E-state index >= 15 is 0 Å². The van der Waals surface area contributed by atoms with Gasteiger partial charge in [0, 0.05) is 22.2 Å². The summed E-state index contributed by atoms with van der Waals surface area (Å²) in [5.41, 5.74) is 2.95. The van der Waals surface area contributed by atoms with E-state index in [2.05, 4.69) is 45.2 Å². The Morgan fingerprint density at radius 1 is 0.759 bits per heavy atom. The zero-order valence-corrected chi connectivity index (χ0v) is 16.5. The molecule has 3 aromatic carbocycles. The van der Waals surface area contributed by atoms with Crippen LogP contribution in [0.1, 0.15) is 0 Å². The minimum absolute atomic E-state index is 0.842. The fourth-order valence-electron chi connectivity index (χ4n) is 2.67. The average molecular weight is 464 g/mol. The van der Waals surface area contributed by atoms with Gasteiger partial charge in [-0.05, 0) is 24.3 Å². The average Bonchev–Trinajstić information content (AvgIpc) is 2.69. The quantitative estimate of drug-likeness (QED) is 0.309. The van der Waals surface area contributed by atoms with Crippen LogP contribution in [0.5, 0.6) is 0 Å². The number of hydrogen-bond donors (Lipinski definition) is 1. The third kappa shape index (κ3) is 6.32. The summed E-state index contributed by atoms with van der Waals surface area (Å²) < 4.78 is 46.2. The summed E-state index contributed by atoms with van der Waals surface area (Å²) in [5.74, 6) is 0.842. The van der Waals surface area contributed by atoms with Crippen molar-refractivity contribution in [3.05, 3.63) is 94.8 Å².